The summed E-state index contributed by atoms with van der Waals surface area (Å²) >= 11 is 0. The van der Waals surface area contributed by atoms with Gasteiger partial charge in [0.15, 0.2) is 0 Å². The second kappa shape index (κ2) is 8.10. The molecule has 0 unspecified atom stereocenters. The molecular formula is C20H23N3O5S. The van der Waals surface area contributed by atoms with E-state index in [9.17, 15) is 18.5 Å². The topological polar surface area (TPSA) is 93.0 Å². The zero-order valence-corrected chi connectivity index (χ0v) is 16.8. The molecule has 9 heteroatoms. The van der Waals surface area contributed by atoms with Crippen LogP contribution in [0.3, 0.4) is 0 Å². The fraction of sp³-hybridized carbons (Fsp3) is 0.400. The Bertz CT molecular complexity index is 1020. The second-order valence-electron chi connectivity index (χ2n) is 7.40. The molecule has 2 heterocycles. The summed E-state index contributed by atoms with van der Waals surface area (Å²) < 4.78 is 32.5. The van der Waals surface area contributed by atoms with Crippen molar-refractivity contribution in [3.63, 3.8) is 0 Å². The number of benzene rings is 2. The van der Waals surface area contributed by atoms with E-state index in [0.29, 0.717) is 31.7 Å². The standard InChI is InChI=1S/C20H23N3O5S/c24-23(25)19-3-1-2-17(13-19)15-29(26,27)22-9-7-21(8-10-22)14-16-4-5-20-18(12-16)6-11-28-20/h1-5,12-13H,6-11,14-15H2. The number of ether oxygens (including phenoxy) is 1. The molecule has 0 aliphatic carbocycles. The first-order valence-electron chi connectivity index (χ1n) is 9.59. The van der Waals surface area contributed by atoms with E-state index in [1.54, 1.807) is 6.07 Å². The van der Waals surface area contributed by atoms with Crippen molar-refractivity contribution in [3.05, 3.63) is 69.3 Å². The molecule has 1 saturated heterocycles. The summed E-state index contributed by atoms with van der Waals surface area (Å²) in [5.74, 6) is 0.741. The fourth-order valence-electron chi connectivity index (χ4n) is 3.82. The number of hydrogen-bond acceptors (Lipinski definition) is 6. The van der Waals surface area contributed by atoms with Crippen LogP contribution in [0.2, 0.25) is 0 Å². The minimum absolute atomic E-state index is 0.0951. The van der Waals surface area contributed by atoms with Crippen molar-refractivity contribution in [2.24, 2.45) is 0 Å². The maximum absolute atomic E-state index is 12.8. The van der Waals surface area contributed by atoms with Gasteiger partial charge in [-0.25, -0.2) is 8.42 Å². The Balaban J connectivity index is 1.35. The summed E-state index contributed by atoms with van der Waals surface area (Å²) in [6.45, 7) is 3.67. The van der Waals surface area contributed by atoms with Gasteiger partial charge in [-0.3, -0.25) is 15.0 Å². The molecule has 154 valence electrons. The van der Waals surface area contributed by atoms with Crippen LogP contribution in [0, 0.1) is 10.1 Å². The minimum Gasteiger partial charge on any atom is -0.493 e. The van der Waals surface area contributed by atoms with Crippen LogP contribution < -0.4 is 4.74 Å². The molecule has 29 heavy (non-hydrogen) atoms. The monoisotopic (exact) mass is 417 g/mol. The van der Waals surface area contributed by atoms with Gasteiger partial charge in [0.25, 0.3) is 5.69 Å². The van der Waals surface area contributed by atoms with Gasteiger partial charge in [0.2, 0.25) is 10.0 Å². The number of rotatable bonds is 6. The SMILES string of the molecule is O=[N+]([O-])c1cccc(CS(=O)(=O)N2CCN(Cc3ccc4c(c3)CCO4)CC2)c1. The maximum atomic E-state index is 12.8. The summed E-state index contributed by atoms with van der Waals surface area (Å²) in [6.07, 6.45) is 0.937. The second-order valence-corrected chi connectivity index (χ2v) is 9.37. The van der Waals surface area contributed by atoms with E-state index in [1.807, 2.05) is 6.07 Å². The molecule has 2 aromatic rings. The molecule has 0 N–H and O–H groups in total. The van der Waals surface area contributed by atoms with Crippen molar-refractivity contribution in [3.8, 4) is 5.75 Å². The van der Waals surface area contributed by atoms with Crippen molar-refractivity contribution in [2.45, 2.75) is 18.7 Å². The smallest absolute Gasteiger partial charge is 0.269 e. The van der Waals surface area contributed by atoms with Crippen LogP contribution in [0.1, 0.15) is 16.7 Å². The molecule has 4 rings (SSSR count). The van der Waals surface area contributed by atoms with E-state index >= 15 is 0 Å². The Morgan fingerprint density at radius 1 is 1.03 bits per heavy atom. The first-order valence-corrected chi connectivity index (χ1v) is 11.2. The molecule has 1 fully saturated rings. The number of piperazine rings is 1. The zero-order valence-electron chi connectivity index (χ0n) is 16.0. The van der Waals surface area contributed by atoms with Crippen LogP contribution in [0.25, 0.3) is 0 Å². The van der Waals surface area contributed by atoms with Gasteiger partial charge in [-0.2, -0.15) is 4.31 Å². The Labute approximate surface area is 169 Å². The van der Waals surface area contributed by atoms with Crippen LogP contribution >= 0.6 is 0 Å². The molecule has 0 spiro atoms. The molecular weight excluding hydrogens is 394 g/mol. The van der Waals surface area contributed by atoms with E-state index in [1.165, 1.54) is 33.6 Å². The van der Waals surface area contributed by atoms with Gasteiger partial charge < -0.3 is 4.74 Å². The Kier molecular flexibility index (Phi) is 5.53. The number of nitro benzene ring substituents is 1. The quantitative estimate of drug-likeness (QED) is 0.528. The van der Waals surface area contributed by atoms with E-state index in [2.05, 4.69) is 17.0 Å². The van der Waals surface area contributed by atoms with Crippen LogP contribution in [-0.2, 0) is 28.7 Å². The third kappa shape index (κ3) is 4.58. The van der Waals surface area contributed by atoms with Crippen LogP contribution in [0.4, 0.5) is 5.69 Å². The summed E-state index contributed by atoms with van der Waals surface area (Å²) in [5.41, 5.74) is 2.78. The molecule has 2 aliphatic heterocycles. The van der Waals surface area contributed by atoms with Crippen molar-refractivity contribution in [1.29, 1.82) is 0 Å². The lowest BCUT2D eigenvalue weighted by atomic mass is 10.1. The predicted molar refractivity (Wildman–Crippen MR) is 108 cm³/mol. The predicted octanol–water partition coefficient (Wildman–Crippen LogP) is 2.18. The van der Waals surface area contributed by atoms with Gasteiger partial charge >= 0.3 is 0 Å². The van der Waals surface area contributed by atoms with Crippen LogP contribution in [0.5, 0.6) is 5.75 Å². The molecule has 0 saturated carbocycles. The minimum atomic E-state index is -3.52. The number of sulfonamides is 1. The molecule has 2 aromatic carbocycles. The molecule has 0 radical (unpaired) electrons. The van der Waals surface area contributed by atoms with Gasteiger partial charge in [-0.1, -0.05) is 24.3 Å². The molecule has 0 atom stereocenters. The van der Waals surface area contributed by atoms with E-state index in [4.69, 9.17) is 4.74 Å². The lowest BCUT2D eigenvalue weighted by molar-refractivity contribution is -0.384. The largest absolute Gasteiger partial charge is 0.493 e. The van der Waals surface area contributed by atoms with Gasteiger partial charge in [-0.05, 0) is 22.8 Å². The Morgan fingerprint density at radius 3 is 2.59 bits per heavy atom. The third-order valence-corrected chi connectivity index (χ3v) is 7.21. The number of hydrogen-bond donors (Lipinski definition) is 0. The molecule has 0 bridgehead atoms. The Hall–Kier alpha value is -2.49. The molecule has 0 aromatic heterocycles. The zero-order chi connectivity index (χ0) is 20.4. The number of non-ortho nitro benzene ring substituents is 1. The highest BCUT2D eigenvalue weighted by molar-refractivity contribution is 7.88. The van der Waals surface area contributed by atoms with Crippen molar-refractivity contribution < 1.29 is 18.1 Å². The van der Waals surface area contributed by atoms with Crippen molar-refractivity contribution >= 4 is 15.7 Å². The third-order valence-electron chi connectivity index (χ3n) is 5.36. The average Bonchev–Trinajstić information content (AvgIpc) is 3.16. The van der Waals surface area contributed by atoms with Gasteiger partial charge in [0.05, 0.1) is 17.3 Å². The highest BCUT2D eigenvalue weighted by atomic mass is 32.2. The van der Waals surface area contributed by atoms with Gasteiger partial charge in [0.1, 0.15) is 5.75 Å². The summed E-state index contributed by atoms with van der Waals surface area (Å²) in [6, 6.07) is 12.1. The van der Waals surface area contributed by atoms with Crippen molar-refractivity contribution in [1.82, 2.24) is 9.21 Å². The summed E-state index contributed by atoms with van der Waals surface area (Å²) in [5, 5.41) is 10.9. The van der Waals surface area contributed by atoms with Gasteiger partial charge in [0, 0.05) is 51.3 Å². The fourth-order valence-corrected chi connectivity index (χ4v) is 5.33. The van der Waals surface area contributed by atoms with E-state index < -0.39 is 14.9 Å². The lowest BCUT2D eigenvalue weighted by Crippen LogP contribution is -2.48. The van der Waals surface area contributed by atoms with Crippen molar-refractivity contribution in [2.75, 3.05) is 32.8 Å². The number of nitro groups is 1. The number of nitrogens with zero attached hydrogens (tertiary/aromatic N) is 3. The summed E-state index contributed by atoms with van der Waals surface area (Å²) in [4.78, 5) is 12.6. The molecule has 8 nitrogen and oxygen atoms in total. The van der Waals surface area contributed by atoms with Gasteiger partial charge in [-0.15, -0.1) is 0 Å². The first kappa shape index (κ1) is 19.8. The highest BCUT2D eigenvalue weighted by Gasteiger charge is 2.27. The van der Waals surface area contributed by atoms with E-state index in [-0.39, 0.29) is 11.4 Å². The maximum Gasteiger partial charge on any atom is 0.269 e. The normalized spacial score (nSPS) is 17.7. The van der Waals surface area contributed by atoms with E-state index in [0.717, 1.165) is 25.3 Å². The lowest BCUT2D eigenvalue weighted by Gasteiger charge is -2.34. The average molecular weight is 417 g/mol. The highest BCUT2D eigenvalue weighted by Crippen LogP contribution is 2.26. The Morgan fingerprint density at radius 2 is 1.83 bits per heavy atom. The van der Waals surface area contributed by atoms with Crippen LogP contribution in [0.15, 0.2) is 42.5 Å². The summed E-state index contributed by atoms with van der Waals surface area (Å²) in [7, 11) is -3.52. The number of fused-ring (bicyclic) bond motifs is 1. The first-order chi connectivity index (χ1) is 13.9. The molecule has 2 aliphatic rings. The molecule has 0 amide bonds. The van der Waals surface area contributed by atoms with Crippen LogP contribution in [-0.4, -0.2) is 55.3 Å².